The van der Waals surface area contributed by atoms with Gasteiger partial charge in [0.15, 0.2) is 11.5 Å². The van der Waals surface area contributed by atoms with E-state index in [0.29, 0.717) is 12.5 Å². The van der Waals surface area contributed by atoms with Crippen molar-refractivity contribution in [3.63, 3.8) is 0 Å². The Balaban J connectivity index is 2.11. The molecule has 1 aliphatic rings. The van der Waals surface area contributed by atoms with E-state index in [1.807, 2.05) is 6.07 Å². The SMILES string of the molecule is COc1ccc(C(C)CN)cc1OC1CCN(C)CC1. The molecule has 4 nitrogen and oxygen atoms in total. The third-order valence-corrected chi connectivity index (χ3v) is 4.07. The monoisotopic (exact) mass is 278 g/mol. The average molecular weight is 278 g/mol. The minimum atomic E-state index is 0.281. The number of benzene rings is 1. The van der Waals surface area contributed by atoms with Crippen molar-refractivity contribution in [3.05, 3.63) is 23.8 Å². The van der Waals surface area contributed by atoms with E-state index in [4.69, 9.17) is 15.2 Å². The molecule has 0 aliphatic carbocycles. The van der Waals surface area contributed by atoms with Gasteiger partial charge in [-0.15, -0.1) is 0 Å². The van der Waals surface area contributed by atoms with E-state index in [9.17, 15) is 0 Å². The van der Waals surface area contributed by atoms with Crippen LogP contribution in [0.25, 0.3) is 0 Å². The van der Waals surface area contributed by atoms with Crippen LogP contribution in [0.1, 0.15) is 31.2 Å². The first-order valence-electron chi connectivity index (χ1n) is 7.37. The Kier molecular flexibility index (Phi) is 5.26. The number of methoxy groups -OCH3 is 1. The molecule has 0 amide bonds. The van der Waals surface area contributed by atoms with Crippen LogP contribution in [0.5, 0.6) is 11.5 Å². The molecule has 112 valence electrons. The third-order valence-electron chi connectivity index (χ3n) is 4.07. The van der Waals surface area contributed by atoms with E-state index in [1.165, 1.54) is 5.56 Å². The molecule has 2 N–H and O–H groups in total. The number of nitrogens with two attached hydrogens (primary N) is 1. The van der Waals surface area contributed by atoms with Gasteiger partial charge in [-0.2, -0.15) is 0 Å². The van der Waals surface area contributed by atoms with Gasteiger partial charge in [-0.1, -0.05) is 13.0 Å². The Hall–Kier alpha value is -1.26. The molecule has 1 heterocycles. The lowest BCUT2D eigenvalue weighted by atomic mass is 10.0. The van der Waals surface area contributed by atoms with E-state index >= 15 is 0 Å². The zero-order valence-corrected chi connectivity index (χ0v) is 12.8. The normalized spacial score (nSPS) is 18.8. The van der Waals surface area contributed by atoms with E-state index in [1.54, 1.807) is 7.11 Å². The highest BCUT2D eigenvalue weighted by Crippen LogP contribution is 2.32. The van der Waals surface area contributed by atoms with Crippen LogP contribution in [0.4, 0.5) is 0 Å². The van der Waals surface area contributed by atoms with Crippen molar-refractivity contribution in [1.29, 1.82) is 0 Å². The molecule has 1 aliphatic heterocycles. The van der Waals surface area contributed by atoms with Gasteiger partial charge in [0.05, 0.1) is 7.11 Å². The van der Waals surface area contributed by atoms with Crippen LogP contribution in [0.2, 0.25) is 0 Å². The highest BCUT2D eigenvalue weighted by Gasteiger charge is 2.20. The highest BCUT2D eigenvalue weighted by molar-refractivity contribution is 5.44. The second-order valence-corrected chi connectivity index (χ2v) is 5.67. The van der Waals surface area contributed by atoms with Crippen LogP contribution in [-0.4, -0.2) is 44.8 Å². The Labute approximate surface area is 121 Å². The summed E-state index contributed by atoms with van der Waals surface area (Å²) in [5.74, 6) is 1.98. The number of hydrogen-bond donors (Lipinski definition) is 1. The van der Waals surface area contributed by atoms with Crippen molar-refractivity contribution in [1.82, 2.24) is 4.90 Å². The molecule has 1 atom stereocenters. The lowest BCUT2D eigenvalue weighted by Gasteiger charge is -2.30. The zero-order valence-electron chi connectivity index (χ0n) is 12.8. The number of ether oxygens (including phenoxy) is 2. The molecule has 0 saturated carbocycles. The fraction of sp³-hybridized carbons (Fsp3) is 0.625. The molecule has 0 spiro atoms. The van der Waals surface area contributed by atoms with Crippen molar-refractivity contribution in [2.24, 2.45) is 5.73 Å². The maximum absolute atomic E-state index is 6.17. The Morgan fingerprint density at radius 1 is 1.30 bits per heavy atom. The first kappa shape index (κ1) is 15.1. The third kappa shape index (κ3) is 3.64. The molecule has 2 rings (SSSR count). The minimum absolute atomic E-state index is 0.281. The van der Waals surface area contributed by atoms with Gasteiger partial charge in [0.2, 0.25) is 0 Å². The Morgan fingerprint density at radius 3 is 2.60 bits per heavy atom. The highest BCUT2D eigenvalue weighted by atomic mass is 16.5. The van der Waals surface area contributed by atoms with E-state index in [-0.39, 0.29) is 6.10 Å². The molecule has 0 bridgehead atoms. The number of rotatable bonds is 5. The molecular weight excluding hydrogens is 252 g/mol. The fourth-order valence-electron chi connectivity index (χ4n) is 2.51. The van der Waals surface area contributed by atoms with Gasteiger partial charge in [0.1, 0.15) is 6.10 Å². The summed E-state index contributed by atoms with van der Waals surface area (Å²) in [6.45, 7) is 4.94. The largest absolute Gasteiger partial charge is 0.493 e. The number of hydrogen-bond acceptors (Lipinski definition) is 4. The quantitative estimate of drug-likeness (QED) is 0.897. The van der Waals surface area contributed by atoms with Gasteiger partial charge in [0.25, 0.3) is 0 Å². The summed E-state index contributed by atoms with van der Waals surface area (Å²) in [5.41, 5.74) is 6.95. The van der Waals surface area contributed by atoms with E-state index in [0.717, 1.165) is 37.4 Å². The molecule has 1 aromatic rings. The number of nitrogens with zero attached hydrogens (tertiary/aromatic N) is 1. The van der Waals surface area contributed by atoms with Crippen molar-refractivity contribution in [2.75, 3.05) is 33.8 Å². The lowest BCUT2D eigenvalue weighted by molar-refractivity contribution is 0.111. The van der Waals surface area contributed by atoms with Crippen molar-refractivity contribution in [3.8, 4) is 11.5 Å². The summed E-state index contributed by atoms with van der Waals surface area (Å²) in [5, 5.41) is 0. The van der Waals surface area contributed by atoms with Crippen molar-refractivity contribution >= 4 is 0 Å². The maximum Gasteiger partial charge on any atom is 0.161 e. The molecule has 1 fully saturated rings. The van der Waals surface area contributed by atoms with Crippen molar-refractivity contribution in [2.45, 2.75) is 31.8 Å². The standard InChI is InChI=1S/C16H26N2O2/c1-12(11-17)13-4-5-15(19-3)16(10-13)20-14-6-8-18(2)9-7-14/h4-5,10,12,14H,6-9,11,17H2,1-3H3. The van der Waals surface area contributed by atoms with E-state index in [2.05, 4.69) is 31.0 Å². The molecular formula is C16H26N2O2. The Bertz CT molecular complexity index is 428. The summed E-state index contributed by atoms with van der Waals surface area (Å²) < 4.78 is 11.6. The molecule has 1 unspecified atom stereocenters. The van der Waals surface area contributed by atoms with Crippen LogP contribution in [0, 0.1) is 0 Å². The predicted octanol–water partition coefficient (Wildman–Crippen LogP) is 2.23. The number of piperidine rings is 1. The van der Waals surface area contributed by atoms with Gasteiger partial charge in [-0.05, 0) is 50.0 Å². The summed E-state index contributed by atoms with van der Waals surface area (Å²) in [7, 11) is 3.84. The van der Waals surface area contributed by atoms with Crippen LogP contribution >= 0.6 is 0 Å². The topological polar surface area (TPSA) is 47.7 Å². The van der Waals surface area contributed by atoms with E-state index < -0.39 is 0 Å². The molecule has 1 aromatic carbocycles. The Morgan fingerprint density at radius 2 is 2.00 bits per heavy atom. The average Bonchev–Trinajstić information content (AvgIpc) is 2.48. The molecule has 20 heavy (non-hydrogen) atoms. The van der Waals surface area contributed by atoms with Crippen LogP contribution in [0.3, 0.4) is 0 Å². The first-order chi connectivity index (χ1) is 9.63. The fourth-order valence-corrected chi connectivity index (χ4v) is 2.51. The van der Waals surface area contributed by atoms with Gasteiger partial charge in [-0.3, -0.25) is 0 Å². The zero-order chi connectivity index (χ0) is 14.5. The molecule has 1 saturated heterocycles. The summed E-state index contributed by atoms with van der Waals surface area (Å²) in [6, 6.07) is 6.12. The van der Waals surface area contributed by atoms with Crippen LogP contribution in [0.15, 0.2) is 18.2 Å². The first-order valence-corrected chi connectivity index (χ1v) is 7.37. The second-order valence-electron chi connectivity index (χ2n) is 5.67. The summed E-state index contributed by atoms with van der Waals surface area (Å²) in [6.07, 6.45) is 2.41. The van der Waals surface area contributed by atoms with Gasteiger partial charge in [0, 0.05) is 13.1 Å². The molecule has 4 heteroatoms. The second kappa shape index (κ2) is 6.95. The summed E-state index contributed by atoms with van der Waals surface area (Å²) in [4.78, 5) is 2.34. The molecule has 0 aromatic heterocycles. The maximum atomic E-state index is 6.17. The van der Waals surface area contributed by atoms with Crippen molar-refractivity contribution < 1.29 is 9.47 Å². The summed E-state index contributed by atoms with van der Waals surface area (Å²) >= 11 is 0. The van der Waals surface area contributed by atoms with Gasteiger partial charge >= 0.3 is 0 Å². The minimum Gasteiger partial charge on any atom is -0.493 e. The van der Waals surface area contributed by atoms with Gasteiger partial charge < -0.3 is 20.1 Å². The lowest BCUT2D eigenvalue weighted by Crippen LogP contribution is -2.35. The number of likely N-dealkylation sites (tertiary alicyclic amines) is 1. The molecule has 0 radical (unpaired) electrons. The predicted molar refractivity (Wildman–Crippen MR) is 81.6 cm³/mol. The smallest absolute Gasteiger partial charge is 0.161 e. The van der Waals surface area contributed by atoms with Crippen LogP contribution in [-0.2, 0) is 0 Å². The van der Waals surface area contributed by atoms with Gasteiger partial charge in [-0.25, -0.2) is 0 Å². The van der Waals surface area contributed by atoms with Crippen LogP contribution < -0.4 is 15.2 Å².